The zero-order chi connectivity index (χ0) is 21.0. The zero-order valence-electron chi connectivity index (χ0n) is 15.8. The van der Waals surface area contributed by atoms with E-state index in [1.54, 1.807) is 25.1 Å². The summed E-state index contributed by atoms with van der Waals surface area (Å²) >= 11 is 5.95. The highest BCUT2D eigenvalue weighted by atomic mass is 35.5. The minimum absolute atomic E-state index is 0.0244. The molecular weight excluding hydrogens is 407 g/mol. The molecule has 2 aromatic rings. The van der Waals surface area contributed by atoms with Gasteiger partial charge in [-0.05, 0) is 49.4 Å². The zero-order valence-corrected chi connectivity index (χ0v) is 16.5. The predicted molar refractivity (Wildman–Crippen MR) is 105 cm³/mol. The minimum Gasteiger partial charge on any atom is -0.381 e. The van der Waals surface area contributed by atoms with Crippen molar-refractivity contribution in [3.8, 4) is 0 Å². The third-order valence-corrected chi connectivity index (χ3v) is 5.04. The van der Waals surface area contributed by atoms with E-state index in [2.05, 4.69) is 15.6 Å². The second-order valence-electron chi connectivity index (χ2n) is 6.96. The molecule has 1 aliphatic heterocycles. The molecule has 1 aliphatic rings. The van der Waals surface area contributed by atoms with Crippen molar-refractivity contribution in [2.24, 2.45) is 5.92 Å². The predicted octanol–water partition coefficient (Wildman–Crippen LogP) is 4.96. The molecule has 156 valence electrons. The molecule has 0 aliphatic carbocycles. The first-order valence-corrected chi connectivity index (χ1v) is 9.58. The van der Waals surface area contributed by atoms with Gasteiger partial charge in [-0.3, -0.25) is 4.79 Å². The monoisotopic (exact) mass is 427 g/mol. The number of anilines is 2. The van der Waals surface area contributed by atoms with Crippen LogP contribution >= 0.6 is 11.6 Å². The number of aromatic nitrogens is 1. The van der Waals surface area contributed by atoms with Gasteiger partial charge in [0.05, 0.1) is 11.1 Å². The Bertz CT molecular complexity index is 884. The SMILES string of the molecule is Cc1ccc(Cl)cc1Nc1cc(C(F)(F)F)c(C(=O)NCC2CCOCC2)cn1. The number of halogens is 4. The summed E-state index contributed by atoms with van der Waals surface area (Å²) in [4.78, 5) is 16.4. The summed E-state index contributed by atoms with van der Waals surface area (Å²) in [7, 11) is 0. The molecule has 0 bridgehead atoms. The van der Waals surface area contributed by atoms with Crippen molar-refractivity contribution < 1.29 is 22.7 Å². The van der Waals surface area contributed by atoms with Crippen LogP contribution < -0.4 is 10.6 Å². The molecule has 0 spiro atoms. The van der Waals surface area contributed by atoms with Crippen molar-refractivity contribution in [1.29, 1.82) is 0 Å². The van der Waals surface area contributed by atoms with Crippen molar-refractivity contribution in [2.45, 2.75) is 25.9 Å². The summed E-state index contributed by atoms with van der Waals surface area (Å²) < 4.78 is 46.0. The van der Waals surface area contributed by atoms with Gasteiger partial charge in [-0.2, -0.15) is 13.2 Å². The minimum atomic E-state index is -4.70. The molecule has 5 nitrogen and oxygen atoms in total. The highest BCUT2D eigenvalue weighted by Gasteiger charge is 2.36. The lowest BCUT2D eigenvalue weighted by Crippen LogP contribution is -2.33. The van der Waals surface area contributed by atoms with E-state index in [0.717, 1.165) is 30.7 Å². The van der Waals surface area contributed by atoms with Crippen LogP contribution in [0.1, 0.15) is 34.3 Å². The molecule has 1 fully saturated rings. The number of hydrogen-bond acceptors (Lipinski definition) is 4. The maximum Gasteiger partial charge on any atom is 0.417 e. The molecule has 2 heterocycles. The summed E-state index contributed by atoms with van der Waals surface area (Å²) in [6.45, 7) is 3.29. The van der Waals surface area contributed by atoms with Crippen LogP contribution in [0, 0.1) is 12.8 Å². The Hall–Kier alpha value is -2.32. The molecule has 2 N–H and O–H groups in total. The molecule has 0 saturated carbocycles. The van der Waals surface area contributed by atoms with Crippen molar-refractivity contribution in [2.75, 3.05) is 25.1 Å². The fraction of sp³-hybridized carbons (Fsp3) is 0.400. The Kier molecular flexibility index (Phi) is 6.64. The van der Waals surface area contributed by atoms with Gasteiger partial charge in [0.25, 0.3) is 5.91 Å². The number of amides is 1. The van der Waals surface area contributed by atoms with Gasteiger partial charge in [0.2, 0.25) is 0 Å². The van der Waals surface area contributed by atoms with Crippen LogP contribution in [0.4, 0.5) is 24.7 Å². The first kappa shape index (κ1) is 21.4. The molecule has 1 amide bonds. The molecule has 0 radical (unpaired) electrons. The van der Waals surface area contributed by atoms with Gasteiger partial charge in [-0.1, -0.05) is 17.7 Å². The molecule has 0 unspecified atom stereocenters. The van der Waals surface area contributed by atoms with Crippen molar-refractivity contribution in [3.63, 3.8) is 0 Å². The molecule has 3 rings (SSSR count). The molecule has 1 aromatic heterocycles. The fourth-order valence-electron chi connectivity index (χ4n) is 3.09. The second-order valence-corrected chi connectivity index (χ2v) is 7.40. The van der Waals surface area contributed by atoms with Gasteiger partial charge in [-0.25, -0.2) is 4.98 Å². The van der Waals surface area contributed by atoms with Gasteiger partial charge < -0.3 is 15.4 Å². The second kappa shape index (κ2) is 9.00. The Morgan fingerprint density at radius 3 is 2.69 bits per heavy atom. The number of nitrogens with zero attached hydrogens (tertiary/aromatic N) is 1. The van der Waals surface area contributed by atoms with E-state index in [-0.39, 0.29) is 11.7 Å². The average Bonchev–Trinajstić information content (AvgIpc) is 2.69. The highest BCUT2D eigenvalue weighted by molar-refractivity contribution is 6.30. The third kappa shape index (κ3) is 5.61. The van der Waals surface area contributed by atoms with Crippen LogP contribution in [0.5, 0.6) is 0 Å². The highest BCUT2D eigenvalue weighted by Crippen LogP contribution is 2.34. The summed E-state index contributed by atoms with van der Waals surface area (Å²) in [5.74, 6) is -0.618. The lowest BCUT2D eigenvalue weighted by atomic mass is 10.00. The van der Waals surface area contributed by atoms with Crippen LogP contribution in [0.25, 0.3) is 0 Å². The number of carbonyl (C=O) groups excluding carboxylic acids is 1. The molecule has 1 aromatic carbocycles. The van der Waals surface area contributed by atoms with E-state index in [1.807, 2.05) is 0 Å². The van der Waals surface area contributed by atoms with Crippen LogP contribution in [-0.2, 0) is 10.9 Å². The maximum absolute atomic E-state index is 13.6. The van der Waals surface area contributed by atoms with E-state index >= 15 is 0 Å². The Balaban J connectivity index is 1.80. The fourth-order valence-corrected chi connectivity index (χ4v) is 3.26. The van der Waals surface area contributed by atoms with Crippen molar-refractivity contribution >= 4 is 29.0 Å². The molecular formula is C20H21ClF3N3O2. The van der Waals surface area contributed by atoms with Gasteiger partial charge in [0.1, 0.15) is 5.82 Å². The van der Waals surface area contributed by atoms with E-state index < -0.39 is 23.2 Å². The number of nitrogens with one attached hydrogen (secondary N) is 2. The normalized spacial score (nSPS) is 15.2. The van der Waals surface area contributed by atoms with Crippen LogP contribution in [0.2, 0.25) is 5.02 Å². The third-order valence-electron chi connectivity index (χ3n) is 4.81. The Morgan fingerprint density at radius 2 is 2.00 bits per heavy atom. The van der Waals surface area contributed by atoms with Crippen LogP contribution in [0.15, 0.2) is 30.5 Å². The molecule has 0 atom stereocenters. The summed E-state index contributed by atoms with van der Waals surface area (Å²) in [6.07, 6.45) is -2.21. The van der Waals surface area contributed by atoms with Gasteiger partial charge in [0, 0.05) is 36.7 Å². The summed E-state index contributed by atoms with van der Waals surface area (Å²) in [5.41, 5.74) is -0.213. The first-order chi connectivity index (χ1) is 13.7. The Labute approximate surface area is 171 Å². The topological polar surface area (TPSA) is 63.2 Å². The van der Waals surface area contributed by atoms with E-state index in [4.69, 9.17) is 16.3 Å². The van der Waals surface area contributed by atoms with Gasteiger partial charge in [-0.15, -0.1) is 0 Å². The largest absolute Gasteiger partial charge is 0.417 e. The quantitative estimate of drug-likeness (QED) is 0.707. The van der Waals surface area contributed by atoms with Crippen molar-refractivity contribution in [1.82, 2.24) is 10.3 Å². The van der Waals surface area contributed by atoms with Crippen LogP contribution in [-0.4, -0.2) is 30.6 Å². The summed E-state index contributed by atoms with van der Waals surface area (Å²) in [6, 6.07) is 5.86. The maximum atomic E-state index is 13.6. The van der Waals surface area contributed by atoms with Gasteiger partial charge in [0.15, 0.2) is 0 Å². The number of alkyl halides is 3. The number of aryl methyl sites for hydroxylation is 1. The number of hydrogen-bond donors (Lipinski definition) is 2. The standard InChI is InChI=1S/C20H21ClF3N3O2/c1-12-2-3-14(21)8-17(12)27-18-9-16(20(22,23)24)15(11-25-18)19(28)26-10-13-4-6-29-7-5-13/h2-3,8-9,11,13H,4-7,10H2,1H3,(H,25,27)(H,26,28). The number of rotatable bonds is 5. The lowest BCUT2D eigenvalue weighted by Gasteiger charge is -2.22. The van der Waals surface area contributed by atoms with Gasteiger partial charge >= 0.3 is 6.18 Å². The Morgan fingerprint density at radius 1 is 1.28 bits per heavy atom. The smallest absolute Gasteiger partial charge is 0.381 e. The average molecular weight is 428 g/mol. The number of carbonyl (C=O) groups is 1. The molecule has 9 heteroatoms. The number of pyridine rings is 1. The molecule has 1 saturated heterocycles. The number of ether oxygens (including phenoxy) is 1. The first-order valence-electron chi connectivity index (χ1n) is 9.20. The van der Waals surface area contributed by atoms with E-state index in [9.17, 15) is 18.0 Å². The summed E-state index contributed by atoms with van der Waals surface area (Å²) in [5, 5.41) is 5.87. The van der Waals surface area contributed by atoms with E-state index in [0.29, 0.717) is 30.5 Å². The molecule has 29 heavy (non-hydrogen) atoms. The lowest BCUT2D eigenvalue weighted by molar-refractivity contribution is -0.137. The number of benzene rings is 1. The van der Waals surface area contributed by atoms with E-state index in [1.165, 1.54) is 0 Å². The van der Waals surface area contributed by atoms with Crippen LogP contribution in [0.3, 0.4) is 0 Å². The van der Waals surface area contributed by atoms with Crippen molar-refractivity contribution in [3.05, 3.63) is 52.2 Å².